The SMILES string of the molecule is C=C(C)[C@@H]1CC[C@]2(C)CC[C@]3(C)[C@H](CCC4[C@@]5(C)CC[C@@H](OC6O[C@@H](C)[C@H](O)[C@@H](O)[C@H]6O)C(C)(C)[C@@H]5CC[C@]43C)[C@@H]12. The molecule has 234 valence electrons. The molecule has 5 saturated carbocycles. The number of ether oxygens (including phenoxy) is 2. The van der Waals surface area contributed by atoms with E-state index in [9.17, 15) is 15.3 Å². The van der Waals surface area contributed by atoms with Gasteiger partial charge in [0.2, 0.25) is 0 Å². The zero-order valence-corrected chi connectivity index (χ0v) is 27.3. The summed E-state index contributed by atoms with van der Waals surface area (Å²) in [6.07, 6.45) is 7.59. The van der Waals surface area contributed by atoms with Crippen LogP contribution in [-0.4, -0.2) is 52.1 Å². The van der Waals surface area contributed by atoms with Gasteiger partial charge in [0.25, 0.3) is 0 Å². The highest BCUT2D eigenvalue weighted by atomic mass is 16.7. The number of aliphatic hydroxyl groups excluding tert-OH is 3. The lowest BCUT2D eigenvalue weighted by Gasteiger charge is -2.73. The van der Waals surface area contributed by atoms with Gasteiger partial charge in [0, 0.05) is 0 Å². The van der Waals surface area contributed by atoms with Crippen molar-refractivity contribution in [1.82, 2.24) is 0 Å². The van der Waals surface area contributed by atoms with Crippen molar-refractivity contribution in [2.75, 3.05) is 0 Å². The molecule has 0 bridgehead atoms. The van der Waals surface area contributed by atoms with Gasteiger partial charge in [-0.05, 0) is 135 Å². The second-order valence-corrected chi connectivity index (χ2v) is 17.5. The summed E-state index contributed by atoms with van der Waals surface area (Å²) in [5.74, 6) is 3.53. The van der Waals surface area contributed by atoms with E-state index < -0.39 is 30.7 Å². The Hall–Kier alpha value is -0.460. The Kier molecular flexibility index (Phi) is 7.28. The predicted molar refractivity (Wildman–Crippen MR) is 162 cm³/mol. The number of allylic oxidation sites excluding steroid dienone is 1. The van der Waals surface area contributed by atoms with Gasteiger partial charge in [0.15, 0.2) is 6.29 Å². The minimum absolute atomic E-state index is 0.0589. The lowest BCUT2D eigenvalue weighted by Crippen LogP contribution is -2.67. The summed E-state index contributed by atoms with van der Waals surface area (Å²) >= 11 is 0. The third-order valence-corrected chi connectivity index (χ3v) is 15.5. The molecule has 5 aliphatic carbocycles. The Morgan fingerprint density at radius 1 is 0.756 bits per heavy atom. The molecule has 41 heavy (non-hydrogen) atoms. The third kappa shape index (κ3) is 4.10. The van der Waals surface area contributed by atoms with Crippen LogP contribution in [0.2, 0.25) is 0 Å². The largest absolute Gasteiger partial charge is 0.388 e. The van der Waals surface area contributed by atoms with Crippen LogP contribution in [0.4, 0.5) is 0 Å². The second-order valence-electron chi connectivity index (χ2n) is 17.5. The van der Waals surface area contributed by atoms with Crippen molar-refractivity contribution in [3.63, 3.8) is 0 Å². The van der Waals surface area contributed by atoms with Gasteiger partial charge >= 0.3 is 0 Å². The first-order valence-corrected chi connectivity index (χ1v) is 17.0. The van der Waals surface area contributed by atoms with Crippen LogP contribution in [0.3, 0.4) is 0 Å². The number of hydrogen-bond donors (Lipinski definition) is 3. The van der Waals surface area contributed by atoms with Crippen LogP contribution in [0.1, 0.15) is 120 Å². The minimum Gasteiger partial charge on any atom is -0.388 e. The van der Waals surface area contributed by atoms with Gasteiger partial charge in [-0.15, -0.1) is 0 Å². The van der Waals surface area contributed by atoms with Crippen LogP contribution in [-0.2, 0) is 9.47 Å². The molecule has 6 aliphatic rings. The third-order valence-electron chi connectivity index (χ3n) is 15.5. The maximum absolute atomic E-state index is 10.7. The molecule has 1 heterocycles. The van der Waals surface area contributed by atoms with Gasteiger partial charge in [-0.2, -0.15) is 0 Å². The molecule has 15 atom stereocenters. The van der Waals surface area contributed by atoms with Crippen molar-refractivity contribution < 1.29 is 24.8 Å². The molecule has 3 N–H and O–H groups in total. The molecule has 5 heteroatoms. The molecule has 5 nitrogen and oxygen atoms in total. The monoisotopic (exact) mass is 572 g/mol. The maximum atomic E-state index is 10.7. The smallest absolute Gasteiger partial charge is 0.186 e. The maximum Gasteiger partial charge on any atom is 0.186 e. The van der Waals surface area contributed by atoms with E-state index in [4.69, 9.17) is 9.47 Å². The fraction of sp³-hybridized carbons (Fsp3) is 0.944. The fourth-order valence-corrected chi connectivity index (χ4v) is 13.0. The van der Waals surface area contributed by atoms with E-state index in [1.54, 1.807) is 6.92 Å². The van der Waals surface area contributed by atoms with Gasteiger partial charge in [-0.3, -0.25) is 0 Å². The van der Waals surface area contributed by atoms with Crippen LogP contribution < -0.4 is 0 Å². The van der Waals surface area contributed by atoms with Crippen molar-refractivity contribution in [3.8, 4) is 0 Å². The van der Waals surface area contributed by atoms with E-state index in [0.717, 1.165) is 24.7 Å². The molecule has 0 radical (unpaired) electrons. The standard InChI is InChI=1S/C36H60O5/c1-20(2)22-12-15-33(6)18-19-35(8)23(27(22)33)10-11-25-34(7)16-14-26(32(4,5)24(34)13-17-36(25,35)9)41-31-30(39)29(38)28(37)21(3)40-31/h21-31,37-39H,1,10-19H2,2-9H3/t21-,22-,23+,24-,25?,26+,27+,28-,29+,30+,31?,33+,34-,35+,36+/m0/s1. The average molecular weight is 573 g/mol. The summed E-state index contributed by atoms with van der Waals surface area (Å²) in [4.78, 5) is 0. The summed E-state index contributed by atoms with van der Waals surface area (Å²) in [5.41, 5.74) is 2.80. The van der Waals surface area contributed by atoms with Crippen molar-refractivity contribution >= 4 is 0 Å². The van der Waals surface area contributed by atoms with E-state index in [1.165, 1.54) is 56.9 Å². The number of fused-ring (bicyclic) bond motifs is 7. The Morgan fingerprint density at radius 2 is 1.46 bits per heavy atom. The molecule has 0 aromatic heterocycles. The highest BCUT2D eigenvalue weighted by molar-refractivity contribution is 5.21. The lowest BCUT2D eigenvalue weighted by molar-refractivity contribution is -0.326. The quantitative estimate of drug-likeness (QED) is 0.254. The van der Waals surface area contributed by atoms with Crippen LogP contribution in [0.5, 0.6) is 0 Å². The topological polar surface area (TPSA) is 79.2 Å². The number of hydrogen-bond acceptors (Lipinski definition) is 5. The van der Waals surface area contributed by atoms with Crippen molar-refractivity contribution in [3.05, 3.63) is 12.2 Å². The molecular formula is C36H60O5. The first-order valence-electron chi connectivity index (χ1n) is 17.0. The highest BCUT2D eigenvalue weighted by Crippen LogP contribution is 2.77. The van der Waals surface area contributed by atoms with Crippen molar-refractivity contribution in [1.29, 1.82) is 0 Å². The Balaban J connectivity index is 1.26. The van der Waals surface area contributed by atoms with Gasteiger partial charge in [0.1, 0.15) is 18.3 Å². The number of aliphatic hydroxyl groups is 3. The molecule has 6 fully saturated rings. The lowest BCUT2D eigenvalue weighted by atomic mass is 9.32. The molecule has 1 aliphatic heterocycles. The number of rotatable bonds is 3. The van der Waals surface area contributed by atoms with E-state index in [0.29, 0.717) is 34.0 Å². The first kappa shape index (κ1) is 30.6. The predicted octanol–water partition coefficient (Wildman–Crippen LogP) is 6.88. The van der Waals surface area contributed by atoms with Crippen molar-refractivity contribution in [2.24, 2.45) is 56.7 Å². The molecule has 0 amide bonds. The molecule has 0 aromatic carbocycles. The first-order chi connectivity index (χ1) is 19.0. The van der Waals surface area contributed by atoms with Gasteiger partial charge in [-0.1, -0.05) is 53.7 Å². The van der Waals surface area contributed by atoms with E-state index in [2.05, 4.69) is 55.0 Å². The Labute approximate surface area is 249 Å². The summed E-state index contributed by atoms with van der Waals surface area (Å²) in [6.45, 7) is 23.9. The van der Waals surface area contributed by atoms with Crippen LogP contribution in [0, 0.1) is 56.7 Å². The average Bonchev–Trinajstić information content (AvgIpc) is 3.25. The zero-order valence-electron chi connectivity index (χ0n) is 27.3. The van der Waals surface area contributed by atoms with Gasteiger partial charge in [-0.25, -0.2) is 0 Å². The summed E-state index contributed by atoms with van der Waals surface area (Å²) in [6, 6.07) is 0. The normalized spacial score (nSPS) is 58.1. The molecular weight excluding hydrogens is 512 g/mol. The van der Waals surface area contributed by atoms with E-state index >= 15 is 0 Å². The van der Waals surface area contributed by atoms with Crippen LogP contribution in [0.25, 0.3) is 0 Å². The summed E-state index contributed by atoms with van der Waals surface area (Å²) < 4.78 is 12.4. The summed E-state index contributed by atoms with van der Waals surface area (Å²) in [5, 5.41) is 31.3. The van der Waals surface area contributed by atoms with E-state index in [-0.39, 0.29) is 16.9 Å². The van der Waals surface area contributed by atoms with Crippen LogP contribution in [0.15, 0.2) is 12.2 Å². The van der Waals surface area contributed by atoms with Gasteiger partial charge in [0.05, 0.1) is 12.2 Å². The molecule has 2 unspecified atom stereocenters. The van der Waals surface area contributed by atoms with Crippen molar-refractivity contribution in [2.45, 2.75) is 156 Å². The van der Waals surface area contributed by atoms with Crippen LogP contribution >= 0.6 is 0 Å². The van der Waals surface area contributed by atoms with Gasteiger partial charge < -0.3 is 24.8 Å². The second kappa shape index (κ2) is 9.77. The molecule has 0 spiro atoms. The molecule has 1 saturated heterocycles. The minimum atomic E-state index is -1.26. The fourth-order valence-electron chi connectivity index (χ4n) is 13.0. The molecule has 6 rings (SSSR count). The summed E-state index contributed by atoms with van der Waals surface area (Å²) in [7, 11) is 0. The highest BCUT2D eigenvalue weighted by Gasteiger charge is 2.70. The zero-order chi connectivity index (χ0) is 29.9. The molecule has 0 aromatic rings. The van der Waals surface area contributed by atoms with E-state index in [1.807, 2.05) is 0 Å². The Bertz CT molecular complexity index is 1040. The Morgan fingerprint density at radius 3 is 2.15 bits per heavy atom.